The Bertz CT molecular complexity index is 954. The Hall–Kier alpha value is -3.34. The number of aromatic amines is 1. The minimum absolute atomic E-state index is 0.440. The quantitative estimate of drug-likeness (QED) is 0.323. The molecular weight excluding hydrogens is 318 g/mol. The third-order valence-electron chi connectivity index (χ3n) is 3.92. The molecule has 25 heavy (non-hydrogen) atoms. The standard InChI is InChI=1S/C20H17NO4/c1-25-20(24)18(23)12-17(22)19-14-9-5-6-10-15(14)21-16(19)11-13-7-3-2-4-8-13/h2-10,12,21,23H,11H2,1H3/b18-12-. The van der Waals surface area contributed by atoms with Crippen LogP contribution in [0.2, 0.25) is 0 Å². The predicted molar refractivity (Wildman–Crippen MR) is 94.6 cm³/mol. The molecular formula is C20H17NO4. The number of rotatable bonds is 5. The van der Waals surface area contributed by atoms with Gasteiger partial charge in [-0.1, -0.05) is 48.5 Å². The number of allylic oxidation sites excluding steroid dienone is 1. The van der Waals surface area contributed by atoms with Crippen molar-refractivity contribution in [1.82, 2.24) is 4.98 Å². The molecule has 0 saturated heterocycles. The number of H-pyrrole nitrogens is 1. The molecule has 2 N–H and O–H groups in total. The van der Waals surface area contributed by atoms with Crippen LogP contribution in [0, 0.1) is 0 Å². The number of hydrogen-bond acceptors (Lipinski definition) is 4. The topological polar surface area (TPSA) is 79.4 Å². The Morgan fingerprint density at radius 3 is 2.48 bits per heavy atom. The summed E-state index contributed by atoms with van der Waals surface area (Å²) in [5, 5.41) is 10.4. The van der Waals surface area contributed by atoms with Gasteiger partial charge in [0.25, 0.3) is 0 Å². The summed E-state index contributed by atoms with van der Waals surface area (Å²) in [5.41, 5.74) is 3.04. The van der Waals surface area contributed by atoms with E-state index in [1.54, 1.807) is 0 Å². The van der Waals surface area contributed by atoms with E-state index in [4.69, 9.17) is 0 Å². The number of methoxy groups -OCH3 is 1. The first-order valence-corrected chi connectivity index (χ1v) is 7.77. The number of esters is 1. The van der Waals surface area contributed by atoms with E-state index < -0.39 is 17.5 Å². The molecule has 1 heterocycles. The normalized spacial score (nSPS) is 11.5. The molecule has 2 aromatic carbocycles. The predicted octanol–water partition coefficient (Wildman–Crippen LogP) is 3.56. The van der Waals surface area contributed by atoms with Crippen molar-refractivity contribution >= 4 is 22.7 Å². The smallest absolute Gasteiger partial charge is 0.373 e. The number of ketones is 1. The van der Waals surface area contributed by atoms with Crippen LogP contribution in [0.1, 0.15) is 21.6 Å². The molecule has 1 aromatic heterocycles. The average molecular weight is 335 g/mol. The Kier molecular flexibility index (Phi) is 4.66. The lowest BCUT2D eigenvalue weighted by Gasteiger charge is -2.03. The number of carbonyl (C=O) groups is 2. The fourth-order valence-electron chi connectivity index (χ4n) is 2.77. The molecule has 126 valence electrons. The highest BCUT2D eigenvalue weighted by Crippen LogP contribution is 2.25. The summed E-state index contributed by atoms with van der Waals surface area (Å²) < 4.78 is 4.43. The van der Waals surface area contributed by atoms with Gasteiger partial charge < -0.3 is 14.8 Å². The van der Waals surface area contributed by atoms with Gasteiger partial charge in [-0.25, -0.2) is 4.79 Å². The minimum Gasteiger partial charge on any atom is -0.502 e. The number of fused-ring (bicyclic) bond motifs is 1. The van der Waals surface area contributed by atoms with Gasteiger partial charge in [-0.05, 0) is 11.6 Å². The zero-order valence-corrected chi connectivity index (χ0v) is 13.7. The van der Waals surface area contributed by atoms with Gasteiger partial charge in [-0.3, -0.25) is 4.79 Å². The maximum absolute atomic E-state index is 12.7. The number of hydrogen-bond donors (Lipinski definition) is 2. The van der Waals surface area contributed by atoms with Crippen LogP contribution in [0.5, 0.6) is 0 Å². The fourth-order valence-corrected chi connectivity index (χ4v) is 2.77. The second-order valence-corrected chi connectivity index (χ2v) is 5.57. The third-order valence-corrected chi connectivity index (χ3v) is 3.92. The van der Waals surface area contributed by atoms with Gasteiger partial charge in [0.15, 0.2) is 5.78 Å². The molecule has 3 rings (SSSR count). The van der Waals surface area contributed by atoms with Crippen molar-refractivity contribution in [3.8, 4) is 0 Å². The van der Waals surface area contributed by atoms with Gasteiger partial charge in [-0.15, -0.1) is 0 Å². The Balaban J connectivity index is 2.07. The molecule has 0 amide bonds. The lowest BCUT2D eigenvalue weighted by Crippen LogP contribution is -2.08. The van der Waals surface area contributed by atoms with E-state index in [-0.39, 0.29) is 0 Å². The van der Waals surface area contributed by atoms with Gasteiger partial charge in [-0.2, -0.15) is 0 Å². The molecule has 0 spiro atoms. The molecule has 0 aliphatic heterocycles. The fraction of sp³-hybridized carbons (Fsp3) is 0.100. The first-order valence-electron chi connectivity index (χ1n) is 7.77. The van der Waals surface area contributed by atoms with Crippen molar-refractivity contribution in [1.29, 1.82) is 0 Å². The Morgan fingerprint density at radius 2 is 1.76 bits per heavy atom. The zero-order chi connectivity index (χ0) is 17.8. The number of aromatic nitrogens is 1. The monoisotopic (exact) mass is 335 g/mol. The molecule has 0 fully saturated rings. The van der Waals surface area contributed by atoms with Crippen LogP contribution in [0.15, 0.2) is 66.4 Å². The van der Waals surface area contributed by atoms with E-state index in [1.165, 1.54) is 0 Å². The molecule has 0 bridgehead atoms. The summed E-state index contributed by atoms with van der Waals surface area (Å²) in [6.07, 6.45) is 1.43. The molecule has 0 atom stereocenters. The molecule has 0 aliphatic carbocycles. The summed E-state index contributed by atoms with van der Waals surface area (Å²) in [4.78, 5) is 27.3. The molecule has 3 aromatic rings. The van der Waals surface area contributed by atoms with E-state index in [0.717, 1.165) is 35.3 Å². The van der Waals surface area contributed by atoms with Crippen molar-refractivity contribution in [2.75, 3.05) is 7.11 Å². The van der Waals surface area contributed by atoms with E-state index >= 15 is 0 Å². The third kappa shape index (κ3) is 3.45. The lowest BCUT2D eigenvalue weighted by molar-refractivity contribution is -0.139. The van der Waals surface area contributed by atoms with E-state index in [0.29, 0.717) is 12.0 Å². The van der Waals surface area contributed by atoms with Crippen LogP contribution in [0.4, 0.5) is 0 Å². The van der Waals surface area contributed by atoms with Gasteiger partial charge in [0.1, 0.15) is 0 Å². The maximum Gasteiger partial charge on any atom is 0.373 e. The summed E-state index contributed by atoms with van der Waals surface area (Å²) in [7, 11) is 1.14. The number of para-hydroxylation sites is 1. The number of aliphatic hydroxyl groups excluding tert-OH is 1. The number of aliphatic hydroxyl groups is 1. The van der Waals surface area contributed by atoms with E-state index in [1.807, 2.05) is 54.6 Å². The van der Waals surface area contributed by atoms with Crippen molar-refractivity contribution in [2.24, 2.45) is 0 Å². The van der Waals surface area contributed by atoms with Crippen molar-refractivity contribution in [3.05, 3.63) is 83.3 Å². The number of nitrogens with one attached hydrogen (secondary N) is 1. The van der Waals surface area contributed by atoms with E-state index in [9.17, 15) is 14.7 Å². The molecule has 5 heteroatoms. The maximum atomic E-state index is 12.7. The molecule has 0 unspecified atom stereocenters. The number of benzene rings is 2. The number of carbonyl (C=O) groups excluding carboxylic acids is 2. The minimum atomic E-state index is -0.946. The van der Waals surface area contributed by atoms with Gasteiger partial charge in [0.05, 0.1) is 12.7 Å². The highest BCUT2D eigenvalue weighted by molar-refractivity contribution is 6.16. The Morgan fingerprint density at radius 1 is 1.08 bits per heavy atom. The summed E-state index contributed by atoms with van der Waals surface area (Å²) in [6.45, 7) is 0. The van der Waals surface area contributed by atoms with Crippen molar-refractivity contribution < 1.29 is 19.4 Å². The van der Waals surface area contributed by atoms with Gasteiger partial charge in [0, 0.05) is 29.1 Å². The SMILES string of the molecule is COC(=O)/C(O)=C/C(=O)c1c(Cc2ccccc2)[nH]c2ccccc12. The first kappa shape index (κ1) is 16.5. The van der Waals surface area contributed by atoms with Crippen LogP contribution < -0.4 is 0 Å². The average Bonchev–Trinajstić information content (AvgIpc) is 2.99. The molecule has 5 nitrogen and oxygen atoms in total. The van der Waals surface area contributed by atoms with Crippen LogP contribution in [0.25, 0.3) is 10.9 Å². The van der Waals surface area contributed by atoms with Crippen LogP contribution in [0.3, 0.4) is 0 Å². The highest BCUT2D eigenvalue weighted by Gasteiger charge is 2.19. The zero-order valence-electron chi connectivity index (χ0n) is 13.7. The molecule has 0 saturated carbocycles. The number of ether oxygens (including phenoxy) is 1. The largest absolute Gasteiger partial charge is 0.502 e. The highest BCUT2D eigenvalue weighted by atomic mass is 16.5. The van der Waals surface area contributed by atoms with Crippen molar-refractivity contribution in [2.45, 2.75) is 6.42 Å². The summed E-state index contributed by atoms with van der Waals surface area (Å²) in [6, 6.07) is 17.2. The van der Waals surface area contributed by atoms with Crippen LogP contribution in [-0.2, 0) is 16.0 Å². The Labute approximate surface area is 144 Å². The van der Waals surface area contributed by atoms with Crippen molar-refractivity contribution in [3.63, 3.8) is 0 Å². The molecule has 0 aliphatic rings. The molecule has 0 radical (unpaired) electrons. The van der Waals surface area contributed by atoms with E-state index in [2.05, 4.69) is 9.72 Å². The van der Waals surface area contributed by atoms with Crippen LogP contribution >= 0.6 is 0 Å². The summed E-state index contributed by atoms with van der Waals surface area (Å²) in [5.74, 6) is -2.12. The second-order valence-electron chi connectivity index (χ2n) is 5.57. The summed E-state index contributed by atoms with van der Waals surface area (Å²) >= 11 is 0. The first-order chi connectivity index (χ1) is 12.1. The van der Waals surface area contributed by atoms with Gasteiger partial charge in [0.2, 0.25) is 5.76 Å². The van der Waals surface area contributed by atoms with Crippen LogP contribution in [-0.4, -0.2) is 29.0 Å². The lowest BCUT2D eigenvalue weighted by atomic mass is 10.0. The van der Waals surface area contributed by atoms with Gasteiger partial charge >= 0.3 is 5.97 Å². The second kappa shape index (κ2) is 7.05.